The number of carboxylic acids is 1. The number of benzene rings is 1. The first-order valence-corrected chi connectivity index (χ1v) is 7.12. The van der Waals surface area contributed by atoms with Gasteiger partial charge in [-0.25, -0.2) is 0 Å². The summed E-state index contributed by atoms with van der Waals surface area (Å²) in [5.74, 6) is -1.29. The van der Waals surface area contributed by atoms with E-state index in [0.29, 0.717) is 10.6 Å². The molecule has 2 N–H and O–H groups in total. The smallest absolute Gasteiger partial charge is 0.311 e. The number of carbonyl (C=O) groups excluding carboxylic acids is 1. The molecule has 1 aromatic heterocycles. The normalized spacial score (nSPS) is 12.0. The van der Waals surface area contributed by atoms with Crippen LogP contribution in [0, 0.1) is 6.92 Å². The molecular weight excluding hydrogens is 306 g/mol. The largest absolute Gasteiger partial charge is 0.481 e. The molecule has 1 unspecified atom stereocenters. The second-order valence-corrected chi connectivity index (χ2v) is 5.41. The Morgan fingerprint density at radius 2 is 2.05 bits per heavy atom. The first-order chi connectivity index (χ1) is 10.4. The van der Waals surface area contributed by atoms with Crippen molar-refractivity contribution >= 4 is 23.5 Å². The fourth-order valence-corrected chi connectivity index (χ4v) is 2.54. The number of carboxylic acid groups (broad SMARTS) is 1. The predicted molar refractivity (Wildman–Crippen MR) is 82.1 cm³/mol. The Morgan fingerprint density at radius 3 is 2.68 bits per heavy atom. The number of carbonyl (C=O) groups is 2. The van der Waals surface area contributed by atoms with Crippen LogP contribution in [0.25, 0.3) is 0 Å². The molecule has 0 saturated carbocycles. The van der Waals surface area contributed by atoms with E-state index in [4.69, 9.17) is 21.1 Å². The Balaban J connectivity index is 2.21. The summed E-state index contributed by atoms with van der Waals surface area (Å²) in [6, 6.07) is 6.91. The number of amides is 1. The van der Waals surface area contributed by atoms with Crippen LogP contribution in [0.2, 0.25) is 5.02 Å². The first kappa shape index (κ1) is 16.1. The predicted octanol–water partition coefficient (Wildman–Crippen LogP) is 3.36. The van der Waals surface area contributed by atoms with Gasteiger partial charge in [0.25, 0.3) is 5.91 Å². The fraction of sp³-hybridized carbons (Fsp3) is 0.250. The lowest BCUT2D eigenvalue weighted by Gasteiger charge is -2.16. The minimum Gasteiger partial charge on any atom is -0.481 e. The fourth-order valence-electron chi connectivity index (χ4n) is 2.24. The number of aliphatic carboxylic acids is 1. The van der Waals surface area contributed by atoms with Gasteiger partial charge in [-0.15, -0.1) is 0 Å². The van der Waals surface area contributed by atoms with E-state index in [9.17, 15) is 9.59 Å². The van der Waals surface area contributed by atoms with Crippen LogP contribution in [0.1, 0.15) is 40.2 Å². The highest BCUT2D eigenvalue weighted by molar-refractivity contribution is 6.31. The Bertz CT molecular complexity index is 708. The van der Waals surface area contributed by atoms with Crippen molar-refractivity contribution in [2.75, 3.05) is 0 Å². The van der Waals surface area contributed by atoms with E-state index >= 15 is 0 Å². The molecule has 6 heteroatoms. The zero-order chi connectivity index (χ0) is 16.3. The monoisotopic (exact) mass is 321 g/mol. The van der Waals surface area contributed by atoms with Gasteiger partial charge in [-0.1, -0.05) is 29.8 Å². The number of rotatable bonds is 5. The van der Waals surface area contributed by atoms with E-state index in [0.717, 1.165) is 5.56 Å². The van der Waals surface area contributed by atoms with Gasteiger partial charge in [0.05, 0.1) is 17.9 Å². The summed E-state index contributed by atoms with van der Waals surface area (Å²) in [7, 11) is 0. The van der Waals surface area contributed by atoms with E-state index < -0.39 is 5.97 Å². The zero-order valence-corrected chi connectivity index (χ0v) is 13.0. The lowest BCUT2D eigenvalue weighted by Crippen LogP contribution is -2.28. The molecule has 0 aliphatic carbocycles. The van der Waals surface area contributed by atoms with E-state index in [-0.39, 0.29) is 29.7 Å². The molecule has 0 aliphatic rings. The maximum atomic E-state index is 12.4. The molecule has 1 amide bonds. The molecule has 5 nitrogen and oxygen atoms in total. The van der Waals surface area contributed by atoms with Crippen molar-refractivity contribution in [1.82, 2.24) is 5.32 Å². The molecule has 1 heterocycles. The van der Waals surface area contributed by atoms with Crippen molar-refractivity contribution in [3.05, 3.63) is 58.0 Å². The van der Waals surface area contributed by atoms with Crippen LogP contribution in [0.4, 0.5) is 0 Å². The summed E-state index contributed by atoms with van der Waals surface area (Å²) in [6.45, 7) is 3.51. The second-order valence-electron chi connectivity index (χ2n) is 5.00. The molecule has 22 heavy (non-hydrogen) atoms. The van der Waals surface area contributed by atoms with Crippen LogP contribution in [0.3, 0.4) is 0 Å². The van der Waals surface area contributed by atoms with Crippen LogP contribution >= 0.6 is 11.6 Å². The maximum Gasteiger partial charge on any atom is 0.311 e. The van der Waals surface area contributed by atoms with Crippen molar-refractivity contribution < 1.29 is 19.1 Å². The van der Waals surface area contributed by atoms with E-state index in [1.807, 2.05) is 25.1 Å². The van der Waals surface area contributed by atoms with E-state index in [1.165, 1.54) is 6.26 Å². The van der Waals surface area contributed by atoms with Gasteiger partial charge in [-0.2, -0.15) is 0 Å². The number of aryl methyl sites for hydroxylation is 1. The number of furan rings is 1. The first-order valence-electron chi connectivity index (χ1n) is 6.74. The van der Waals surface area contributed by atoms with Crippen LogP contribution in [0.15, 0.2) is 34.9 Å². The molecule has 116 valence electrons. The summed E-state index contributed by atoms with van der Waals surface area (Å²) in [5, 5.41) is 12.2. The molecule has 1 aromatic carbocycles. The molecule has 0 radical (unpaired) electrons. The summed E-state index contributed by atoms with van der Waals surface area (Å²) < 4.78 is 5.17. The van der Waals surface area contributed by atoms with Crippen molar-refractivity contribution in [1.29, 1.82) is 0 Å². The van der Waals surface area contributed by atoms with Gasteiger partial charge in [-0.05, 0) is 25.5 Å². The minimum atomic E-state index is -1.05. The Kier molecular flexibility index (Phi) is 4.88. The molecule has 1 atom stereocenters. The van der Waals surface area contributed by atoms with Gasteiger partial charge < -0.3 is 14.8 Å². The summed E-state index contributed by atoms with van der Waals surface area (Å²) in [4.78, 5) is 23.2. The average molecular weight is 322 g/mol. The highest BCUT2D eigenvalue weighted by Gasteiger charge is 2.22. The summed E-state index contributed by atoms with van der Waals surface area (Å²) >= 11 is 6.11. The van der Waals surface area contributed by atoms with Gasteiger partial charge in [0.1, 0.15) is 12.2 Å². The molecule has 0 saturated heterocycles. The van der Waals surface area contributed by atoms with Crippen LogP contribution in [0.5, 0.6) is 0 Å². The lowest BCUT2D eigenvalue weighted by atomic mass is 10.1. The molecular formula is C16H16ClNO4. The third kappa shape index (κ3) is 3.49. The highest BCUT2D eigenvalue weighted by atomic mass is 35.5. The minimum absolute atomic E-state index is 0.147. The number of hydrogen-bond donors (Lipinski definition) is 2. The van der Waals surface area contributed by atoms with Crippen molar-refractivity contribution in [2.45, 2.75) is 26.3 Å². The topological polar surface area (TPSA) is 79.5 Å². The maximum absolute atomic E-state index is 12.4. The van der Waals surface area contributed by atoms with Crippen LogP contribution in [-0.4, -0.2) is 17.0 Å². The number of nitrogens with one attached hydrogen (secondary N) is 1. The summed E-state index contributed by atoms with van der Waals surface area (Å²) in [6.07, 6.45) is 1.05. The second kappa shape index (κ2) is 6.66. The SMILES string of the molecule is Cc1coc(CC(=O)O)c1C(=O)NC(C)c1ccccc1Cl. The average Bonchev–Trinajstić information content (AvgIpc) is 2.79. The van der Waals surface area contributed by atoms with Crippen molar-refractivity contribution in [2.24, 2.45) is 0 Å². The Labute approximate surface area is 132 Å². The molecule has 0 bridgehead atoms. The zero-order valence-electron chi connectivity index (χ0n) is 12.2. The van der Waals surface area contributed by atoms with Crippen LogP contribution < -0.4 is 5.32 Å². The number of halogens is 1. The van der Waals surface area contributed by atoms with Gasteiger partial charge >= 0.3 is 5.97 Å². The Hall–Kier alpha value is -2.27. The van der Waals surface area contributed by atoms with Crippen molar-refractivity contribution in [3.63, 3.8) is 0 Å². The van der Waals surface area contributed by atoms with Gasteiger partial charge in [0, 0.05) is 10.6 Å². The van der Waals surface area contributed by atoms with Crippen molar-refractivity contribution in [3.8, 4) is 0 Å². The quantitative estimate of drug-likeness (QED) is 0.885. The van der Waals surface area contributed by atoms with Gasteiger partial charge in [0.15, 0.2) is 0 Å². The molecule has 0 fully saturated rings. The molecule has 2 aromatic rings. The van der Waals surface area contributed by atoms with E-state index in [2.05, 4.69) is 5.32 Å². The van der Waals surface area contributed by atoms with Crippen LogP contribution in [-0.2, 0) is 11.2 Å². The third-order valence-corrected chi connectivity index (χ3v) is 3.65. The molecule has 2 rings (SSSR count). The number of hydrogen-bond acceptors (Lipinski definition) is 3. The van der Waals surface area contributed by atoms with Gasteiger partial charge in [0.2, 0.25) is 0 Å². The molecule has 0 spiro atoms. The lowest BCUT2D eigenvalue weighted by molar-refractivity contribution is -0.136. The highest BCUT2D eigenvalue weighted by Crippen LogP contribution is 2.24. The Morgan fingerprint density at radius 1 is 1.36 bits per heavy atom. The van der Waals surface area contributed by atoms with E-state index in [1.54, 1.807) is 13.0 Å². The summed E-state index contributed by atoms with van der Waals surface area (Å²) in [5.41, 5.74) is 1.65. The third-order valence-electron chi connectivity index (χ3n) is 3.31. The molecule has 0 aliphatic heterocycles. The van der Waals surface area contributed by atoms with Gasteiger partial charge in [-0.3, -0.25) is 9.59 Å². The standard InChI is InChI=1S/C16H16ClNO4/c1-9-8-22-13(7-14(19)20)15(9)16(21)18-10(2)11-5-3-4-6-12(11)17/h3-6,8,10H,7H2,1-2H3,(H,18,21)(H,19,20).